The molecular formula is C26H32N2O2. The monoisotopic (exact) mass is 404 g/mol. The summed E-state index contributed by atoms with van der Waals surface area (Å²) in [6, 6.07) is 14.5. The average Bonchev–Trinajstić information content (AvgIpc) is 3.00. The number of carbonyl (C=O) groups is 1. The maximum atomic E-state index is 12.7. The van der Waals surface area contributed by atoms with Crippen LogP contribution in [0, 0.1) is 6.92 Å². The van der Waals surface area contributed by atoms with E-state index in [-0.39, 0.29) is 11.5 Å². The van der Waals surface area contributed by atoms with Gasteiger partial charge in [-0.05, 0) is 88.2 Å². The van der Waals surface area contributed by atoms with E-state index >= 15 is 0 Å². The van der Waals surface area contributed by atoms with E-state index in [0.29, 0.717) is 0 Å². The molecule has 4 heteroatoms. The minimum atomic E-state index is -0.267. The van der Waals surface area contributed by atoms with E-state index < -0.39 is 0 Å². The third kappa shape index (κ3) is 4.01. The van der Waals surface area contributed by atoms with Gasteiger partial charge in [-0.3, -0.25) is 4.79 Å². The molecule has 2 heterocycles. The van der Waals surface area contributed by atoms with Crippen molar-refractivity contribution in [2.24, 2.45) is 0 Å². The van der Waals surface area contributed by atoms with Gasteiger partial charge in [0.25, 0.3) is 5.91 Å². The molecule has 0 aromatic heterocycles. The quantitative estimate of drug-likeness (QED) is 0.795. The molecule has 2 aliphatic rings. The first-order valence-corrected chi connectivity index (χ1v) is 11.2. The van der Waals surface area contributed by atoms with Crippen LogP contribution in [0.4, 0.5) is 0 Å². The molecule has 1 unspecified atom stereocenters. The number of rotatable bonds is 4. The molecular weight excluding hydrogens is 372 g/mol. The number of benzene rings is 2. The van der Waals surface area contributed by atoms with Gasteiger partial charge >= 0.3 is 0 Å². The Kier molecular flexibility index (Phi) is 5.96. The first-order valence-electron chi connectivity index (χ1n) is 11.2. The van der Waals surface area contributed by atoms with Crippen molar-refractivity contribution >= 4 is 11.5 Å². The maximum absolute atomic E-state index is 12.7. The summed E-state index contributed by atoms with van der Waals surface area (Å²) in [7, 11) is 0. The summed E-state index contributed by atoms with van der Waals surface area (Å²) >= 11 is 0. The zero-order valence-electron chi connectivity index (χ0n) is 18.3. The third-order valence-corrected chi connectivity index (χ3v) is 6.32. The van der Waals surface area contributed by atoms with Gasteiger partial charge in [-0.1, -0.05) is 23.8 Å². The lowest BCUT2D eigenvalue weighted by molar-refractivity contribution is 0.0773. The summed E-state index contributed by atoms with van der Waals surface area (Å²) in [6.07, 6.45) is 5.41. The second-order valence-corrected chi connectivity index (χ2v) is 8.38. The minimum Gasteiger partial charge on any atom is -0.482 e. The molecule has 0 radical (unpaired) electrons. The summed E-state index contributed by atoms with van der Waals surface area (Å²) in [5.74, 6) is 1.05. The van der Waals surface area contributed by atoms with Gasteiger partial charge in [0.05, 0.1) is 0 Å². The molecule has 1 fully saturated rings. The highest BCUT2D eigenvalue weighted by atomic mass is 16.5. The normalized spacial score (nSPS) is 20.7. The molecule has 158 valence electrons. The van der Waals surface area contributed by atoms with Crippen molar-refractivity contribution in [2.45, 2.75) is 45.6 Å². The van der Waals surface area contributed by atoms with Crippen LogP contribution in [0.3, 0.4) is 0 Å². The second kappa shape index (κ2) is 8.65. The number of ether oxygens (including phenoxy) is 1. The van der Waals surface area contributed by atoms with Gasteiger partial charge in [-0.15, -0.1) is 0 Å². The van der Waals surface area contributed by atoms with Crippen LogP contribution in [0.1, 0.15) is 60.2 Å². The van der Waals surface area contributed by atoms with Gasteiger partial charge in [-0.2, -0.15) is 0 Å². The summed E-state index contributed by atoms with van der Waals surface area (Å²) in [5.41, 5.74) is 5.18. The Hall–Kier alpha value is -2.59. The fourth-order valence-electron chi connectivity index (χ4n) is 4.57. The van der Waals surface area contributed by atoms with Gasteiger partial charge in [0.1, 0.15) is 11.4 Å². The van der Waals surface area contributed by atoms with Crippen LogP contribution in [-0.2, 0) is 0 Å². The van der Waals surface area contributed by atoms with E-state index in [1.54, 1.807) is 0 Å². The van der Waals surface area contributed by atoms with Crippen LogP contribution in [-0.4, -0.2) is 42.6 Å². The number of nitrogens with one attached hydrogen (secondary N) is 1. The Morgan fingerprint density at radius 3 is 2.57 bits per heavy atom. The molecule has 30 heavy (non-hydrogen) atoms. The van der Waals surface area contributed by atoms with Gasteiger partial charge in [0.2, 0.25) is 0 Å². The second-order valence-electron chi connectivity index (χ2n) is 8.38. The zero-order chi connectivity index (χ0) is 21.1. The predicted octanol–water partition coefficient (Wildman–Crippen LogP) is 4.81. The third-order valence-electron chi connectivity index (χ3n) is 6.32. The highest BCUT2D eigenvalue weighted by Crippen LogP contribution is 2.43. The molecule has 0 saturated carbocycles. The van der Waals surface area contributed by atoms with Crippen LogP contribution in [0.25, 0.3) is 5.57 Å². The molecule has 2 aliphatic heterocycles. The standard InChI is InChI=1S/C26H32N2O2/c1-4-28(5-2)25(29)21-10-8-20(9-11-21)23-18-26(13-6-15-27-16-14-26)30-24-12-7-19(3)17-22(23)24/h7-12,17-18,27H,4-6,13-16H2,1-3H3. The highest BCUT2D eigenvalue weighted by molar-refractivity contribution is 5.95. The van der Waals surface area contributed by atoms with E-state index in [9.17, 15) is 4.79 Å². The number of aryl methyl sites for hydroxylation is 1. The molecule has 1 N–H and O–H groups in total. The number of hydrogen-bond acceptors (Lipinski definition) is 3. The van der Waals surface area contributed by atoms with Crippen LogP contribution in [0.2, 0.25) is 0 Å². The average molecular weight is 405 g/mol. The molecule has 2 aromatic carbocycles. The number of fused-ring (bicyclic) bond motifs is 1. The highest BCUT2D eigenvalue weighted by Gasteiger charge is 2.36. The van der Waals surface area contributed by atoms with Crippen LogP contribution >= 0.6 is 0 Å². The minimum absolute atomic E-state index is 0.0927. The lowest BCUT2D eigenvalue weighted by Crippen LogP contribution is -2.37. The number of nitrogens with zero attached hydrogens (tertiary/aromatic N) is 1. The molecule has 1 amide bonds. The smallest absolute Gasteiger partial charge is 0.253 e. The topological polar surface area (TPSA) is 41.6 Å². The predicted molar refractivity (Wildman–Crippen MR) is 122 cm³/mol. The van der Waals surface area contributed by atoms with Crippen molar-refractivity contribution in [2.75, 3.05) is 26.2 Å². The van der Waals surface area contributed by atoms with Gasteiger partial charge in [0.15, 0.2) is 0 Å². The Balaban J connectivity index is 1.74. The molecule has 0 bridgehead atoms. The van der Waals surface area contributed by atoms with E-state index in [0.717, 1.165) is 67.9 Å². The molecule has 1 atom stereocenters. The fraction of sp³-hybridized carbons (Fsp3) is 0.423. The molecule has 2 aromatic rings. The summed E-state index contributed by atoms with van der Waals surface area (Å²) in [5, 5.41) is 3.50. The zero-order valence-corrected chi connectivity index (χ0v) is 18.3. The first-order chi connectivity index (χ1) is 14.5. The van der Waals surface area contributed by atoms with E-state index in [1.165, 1.54) is 11.1 Å². The SMILES string of the molecule is CCN(CC)C(=O)c1ccc(C2=CC3(CCCNCC3)Oc3ccc(C)cc32)cc1. The Bertz CT molecular complexity index is 934. The van der Waals surface area contributed by atoms with Crippen molar-refractivity contribution in [3.05, 3.63) is 70.8 Å². The number of hydrogen-bond donors (Lipinski definition) is 1. The Morgan fingerprint density at radius 2 is 1.83 bits per heavy atom. The lowest BCUT2D eigenvalue weighted by atomic mass is 9.84. The summed E-state index contributed by atoms with van der Waals surface area (Å²) in [6.45, 7) is 9.60. The molecule has 4 nitrogen and oxygen atoms in total. The van der Waals surface area contributed by atoms with Crippen LogP contribution in [0.5, 0.6) is 5.75 Å². The Morgan fingerprint density at radius 1 is 1.07 bits per heavy atom. The van der Waals surface area contributed by atoms with E-state index in [1.807, 2.05) is 30.9 Å². The fourth-order valence-corrected chi connectivity index (χ4v) is 4.57. The maximum Gasteiger partial charge on any atom is 0.253 e. The number of amides is 1. The van der Waals surface area contributed by atoms with Gasteiger partial charge in [0, 0.05) is 30.6 Å². The van der Waals surface area contributed by atoms with Crippen LogP contribution < -0.4 is 10.1 Å². The van der Waals surface area contributed by atoms with Crippen molar-refractivity contribution in [3.8, 4) is 5.75 Å². The number of carbonyl (C=O) groups excluding carboxylic acids is 1. The van der Waals surface area contributed by atoms with E-state index in [4.69, 9.17) is 4.74 Å². The lowest BCUT2D eigenvalue weighted by Gasteiger charge is -2.36. The van der Waals surface area contributed by atoms with Crippen LogP contribution in [0.15, 0.2) is 48.5 Å². The largest absolute Gasteiger partial charge is 0.482 e. The molecule has 1 spiro atoms. The Labute approximate surface area is 179 Å². The van der Waals surface area contributed by atoms with Crippen molar-refractivity contribution in [3.63, 3.8) is 0 Å². The molecule has 0 aliphatic carbocycles. The van der Waals surface area contributed by atoms with Crippen molar-refractivity contribution < 1.29 is 9.53 Å². The van der Waals surface area contributed by atoms with E-state index in [2.05, 4.69) is 48.6 Å². The van der Waals surface area contributed by atoms with Gasteiger partial charge < -0.3 is 15.0 Å². The molecule has 4 rings (SSSR count). The summed E-state index contributed by atoms with van der Waals surface area (Å²) < 4.78 is 6.59. The van der Waals surface area contributed by atoms with Crippen molar-refractivity contribution in [1.29, 1.82) is 0 Å². The first kappa shape index (κ1) is 20.7. The molecule has 1 saturated heterocycles. The van der Waals surface area contributed by atoms with Crippen molar-refractivity contribution in [1.82, 2.24) is 10.2 Å². The van der Waals surface area contributed by atoms with Gasteiger partial charge in [-0.25, -0.2) is 0 Å². The summed E-state index contributed by atoms with van der Waals surface area (Å²) in [4.78, 5) is 14.6.